The Kier molecular flexibility index (Phi) is 5.65. The van der Waals surface area contributed by atoms with Gasteiger partial charge < -0.3 is 14.5 Å². The smallest absolute Gasteiger partial charge is 0.259 e. The average molecular weight is 402 g/mol. The second kappa shape index (κ2) is 8.12. The van der Waals surface area contributed by atoms with Crippen molar-refractivity contribution in [3.8, 4) is 17.6 Å². The third kappa shape index (κ3) is 4.22. The molecule has 1 N–H and O–H groups in total. The van der Waals surface area contributed by atoms with E-state index in [1.165, 1.54) is 7.11 Å². The second-order valence-corrected chi connectivity index (χ2v) is 6.27. The molecule has 27 heavy (non-hydrogen) atoms. The van der Waals surface area contributed by atoms with Gasteiger partial charge in [0, 0.05) is 5.02 Å². The molecule has 0 unspecified atom stereocenters. The summed E-state index contributed by atoms with van der Waals surface area (Å²) in [6, 6.07) is 11.9. The van der Waals surface area contributed by atoms with Crippen molar-refractivity contribution < 1.29 is 9.47 Å². The van der Waals surface area contributed by atoms with E-state index in [4.69, 9.17) is 37.9 Å². The van der Waals surface area contributed by atoms with Crippen molar-refractivity contribution in [2.24, 2.45) is 0 Å². The Morgan fingerprint density at radius 1 is 1.30 bits per heavy atom. The van der Waals surface area contributed by atoms with Crippen LogP contribution in [0.4, 0.5) is 0 Å². The molecule has 0 amide bonds. The summed E-state index contributed by atoms with van der Waals surface area (Å²) in [7, 11) is 1.50. The number of ether oxygens (including phenoxy) is 2. The molecule has 0 spiro atoms. The standard InChI is InChI=1S/C19H13Cl2N3O3/c1-26-17-9-11(2-5-16(17)27-7-6-22)8-14(21)18-23-15-4-3-12(20)10-13(15)19(25)24-18/h2-5,8-10H,7H2,1H3,(H,23,24,25)/b14-8-. The minimum atomic E-state index is -0.332. The number of nitrogens with zero attached hydrogens (tertiary/aromatic N) is 2. The van der Waals surface area contributed by atoms with Crippen LogP contribution in [0.3, 0.4) is 0 Å². The zero-order chi connectivity index (χ0) is 19.4. The molecule has 0 aliphatic heterocycles. The van der Waals surface area contributed by atoms with E-state index in [1.807, 2.05) is 6.07 Å². The summed E-state index contributed by atoms with van der Waals surface area (Å²) in [5.74, 6) is 1.14. The number of methoxy groups -OCH3 is 1. The molecule has 0 aliphatic rings. The lowest BCUT2D eigenvalue weighted by Crippen LogP contribution is -2.10. The van der Waals surface area contributed by atoms with Gasteiger partial charge >= 0.3 is 0 Å². The van der Waals surface area contributed by atoms with Crippen molar-refractivity contribution in [1.82, 2.24) is 9.97 Å². The maximum atomic E-state index is 12.3. The van der Waals surface area contributed by atoms with Gasteiger partial charge in [0.1, 0.15) is 6.07 Å². The zero-order valence-electron chi connectivity index (χ0n) is 14.1. The summed E-state index contributed by atoms with van der Waals surface area (Å²) in [4.78, 5) is 19.3. The van der Waals surface area contributed by atoms with Gasteiger partial charge in [0.2, 0.25) is 0 Å². The van der Waals surface area contributed by atoms with E-state index in [0.717, 1.165) is 0 Å². The molecule has 2 aromatic carbocycles. The normalized spacial score (nSPS) is 11.3. The fourth-order valence-corrected chi connectivity index (χ4v) is 2.83. The van der Waals surface area contributed by atoms with Gasteiger partial charge in [0.15, 0.2) is 23.9 Å². The van der Waals surface area contributed by atoms with Gasteiger partial charge in [-0.2, -0.15) is 5.26 Å². The number of rotatable bonds is 5. The number of halogens is 2. The number of hydrogen-bond donors (Lipinski definition) is 1. The molecular formula is C19H13Cl2N3O3. The fourth-order valence-electron chi connectivity index (χ4n) is 2.44. The molecule has 8 heteroatoms. The van der Waals surface area contributed by atoms with Gasteiger partial charge in [-0.3, -0.25) is 4.79 Å². The largest absolute Gasteiger partial charge is 0.493 e. The van der Waals surface area contributed by atoms with Crippen LogP contribution in [0, 0.1) is 11.3 Å². The predicted octanol–water partition coefficient (Wildman–Crippen LogP) is 4.22. The third-order valence-corrected chi connectivity index (χ3v) is 4.19. The first-order valence-corrected chi connectivity index (χ1v) is 8.52. The Hall–Kier alpha value is -3.01. The molecule has 0 saturated carbocycles. The summed E-state index contributed by atoms with van der Waals surface area (Å²) in [5.41, 5.74) is 0.865. The number of fused-ring (bicyclic) bond motifs is 1. The summed E-state index contributed by atoms with van der Waals surface area (Å²) < 4.78 is 10.6. The maximum Gasteiger partial charge on any atom is 0.259 e. The van der Waals surface area contributed by atoms with Crippen molar-refractivity contribution in [2.75, 3.05) is 13.7 Å². The first-order valence-electron chi connectivity index (χ1n) is 7.77. The molecular weight excluding hydrogens is 389 g/mol. The van der Waals surface area contributed by atoms with E-state index < -0.39 is 0 Å². The third-order valence-electron chi connectivity index (χ3n) is 3.67. The van der Waals surface area contributed by atoms with Crippen LogP contribution in [0.25, 0.3) is 22.0 Å². The van der Waals surface area contributed by atoms with E-state index >= 15 is 0 Å². The number of aromatic amines is 1. The predicted molar refractivity (Wildman–Crippen MR) is 105 cm³/mol. The van der Waals surface area contributed by atoms with Crippen molar-refractivity contribution in [3.63, 3.8) is 0 Å². The van der Waals surface area contributed by atoms with Crippen LogP contribution < -0.4 is 15.0 Å². The van der Waals surface area contributed by atoms with Crippen molar-refractivity contribution in [1.29, 1.82) is 5.26 Å². The van der Waals surface area contributed by atoms with Gasteiger partial charge in [0.25, 0.3) is 5.56 Å². The van der Waals surface area contributed by atoms with Gasteiger partial charge in [-0.25, -0.2) is 4.98 Å². The topological polar surface area (TPSA) is 88.0 Å². The Morgan fingerprint density at radius 3 is 2.85 bits per heavy atom. The van der Waals surface area contributed by atoms with Gasteiger partial charge in [-0.05, 0) is 42.0 Å². The minimum Gasteiger partial charge on any atom is -0.493 e. The first kappa shape index (κ1) is 18.8. The fraction of sp³-hybridized carbons (Fsp3) is 0.105. The number of nitrogens with one attached hydrogen (secondary N) is 1. The SMILES string of the molecule is COc1cc(/C=C(\Cl)c2nc3ccc(Cl)cc3c(=O)[nH]2)ccc1OCC#N. The van der Waals surface area contributed by atoms with Crippen LogP contribution in [0.2, 0.25) is 5.02 Å². The lowest BCUT2D eigenvalue weighted by molar-refractivity contribution is 0.329. The Morgan fingerprint density at radius 2 is 2.11 bits per heavy atom. The summed E-state index contributed by atoms with van der Waals surface area (Å²) in [6.07, 6.45) is 1.64. The maximum absolute atomic E-state index is 12.3. The molecule has 1 aromatic heterocycles. The second-order valence-electron chi connectivity index (χ2n) is 5.43. The highest BCUT2D eigenvalue weighted by molar-refractivity contribution is 6.50. The quantitative estimate of drug-likeness (QED) is 0.690. The number of hydrogen-bond acceptors (Lipinski definition) is 5. The molecule has 0 saturated heterocycles. The highest BCUT2D eigenvalue weighted by Gasteiger charge is 2.09. The molecule has 1 heterocycles. The van der Waals surface area contributed by atoms with Crippen molar-refractivity contribution in [3.05, 3.63) is 63.2 Å². The summed E-state index contributed by atoms with van der Waals surface area (Å²) >= 11 is 12.3. The van der Waals surface area contributed by atoms with Crippen LogP contribution in [0.15, 0.2) is 41.2 Å². The van der Waals surface area contributed by atoms with E-state index in [9.17, 15) is 4.79 Å². The Balaban J connectivity index is 1.98. The highest BCUT2D eigenvalue weighted by atomic mass is 35.5. The van der Waals surface area contributed by atoms with Gasteiger partial charge in [-0.15, -0.1) is 0 Å². The summed E-state index contributed by atoms with van der Waals surface area (Å²) in [6.45, 7) is -0.0848. The minimum absolute atomic E-state index is 0.0848. The molecule has 0 fully saturated rings. The lowest BCUT2D eigenvalue weighted by Gasteiger charge is -2.09. The van der Waals surface area contributed by atoms with Crippen LogP contribution in [-0.2, 0) is 0 Å². The van der Waals surface area contributed by atoms with Crippen LogP contribution in [-0.4, -0.2) is 23.7 Å². The van der Waals surface area contributed by atoms with E-state index in [-0.39, 0.29) is 23.0 Å². The van der Waals surface area contributed by atoms with Crippen molar-refractivity contribution in [2.45, 2.75) is 0 Å². The lowest BCUT2D eigenvalue weighted by atomic mass is 10.2. The van der Waals surface area contributed by atoms with Gasteiger partial charge in [0.05, 0.1) is 23.0 Å². The van der Waals surface area contributed by atoms with E-state index in [0.29, 0.717) is 33.0 Å². The molecule has 0 bridgehead atoms. The Labute approximate surface area is 164 Å². The molecule has 0 radical (unpaired) electrons. The van der Waals surface area contributed by atoms with Crippen LogP contribution in [0.1, 0.15) is 11.4 Å². The Bertz CT molecular complexity index is 1130. The summed E-state index contributed by atoms with van der Waals surface area (Å²) in [5, 5.41) is 9.70. The zero-order valence-corrected chi connectivity index (χ0v) is 15.6. The molecule has 6 nitrogen and oxygen atoms in total. The van der Waals surface area contributed by atoms with Crippen molar-refractivity contribution >= 4 is 45.2 Å². The van der Waals surface area contributed by atoms with Gasteiger partial charge in [-0.1, -0.05) is 29.3 Å². The van der Waals surface area contributed by atoms with E-state index in [2.05, 4.69) is 9.97 Å². The molecule has 136 valence electrons. The number of benzene rings is 2. The monoisotopic (exact) mass is 401 g/mol. The van der Waals surface area contributed by atoms with E-state index in [1.54, 1.807) is 42.5 Å². The highest BCUT2D eigenvalue weighted by Crippen LogP contribution is 2.30. The molecule has 3 aromatic rings. The average Bonchev–Trinajstić information content (AvgIpc) is 2.67. The number of H-pyrrole nitrogens is 1. The number of aromatic nitrogens is 2. The first-order chi connectivity index (χ1) is 13.0. The molecule has 0 aliphatic carbocycles. The van der Waals surface area contributed by atoms with Crippen LogP contribution >= 0.6 is 23.2 Å². The molecule has 0 atom stereocenters. The van der Waals surface area contributed by atoms with Crippen LogP contribution in [0.5, 0.6) is 11.5 Å². The molecule has 3 rings (SSSR count). The number of nitriles is 1.